The molecular weight excluding hydrogens is 370 g/mol. The summed E-state index contributed by atoms with van der Waals surface area (Å²) in [6.45, 7) is 11.2. The Kier molecular flexibility index (Phi) is 9.83. The Labute approximate surface area is 167 Å². The van der Waals surface area contributed by atoms with E-state index in [1.54, 1.807) is 20.8 Å². The van der Waals surface area contributed by atoms with Gasteiger partial charge in [0.15, 0.2) is 0 Å². The van der Waals surface area contributed by atoms with E-state index in [1.165, 1.54) is 0 Å². The fourth-order valence-electron chi connectivity index (χ4n) is 3.28. The topological polar surface area (TPSA) is 74.9 Å². The number of piperazine rings is 1. The number of halogens is 1. The Morgan fingerprint density at radius 3 is 2.22 bits per heavy atom. The second-order valence-electron chi connectivity index (χ2n) is 6.67. The molecule has 154 valence electrons. The van der Waals surface area contributed by atoms with Crippen molar-refractivity contribution in [3.8, 4) is 0 Å². The molecule has 8 heteroatoms. The standard InChI is InChI=1S/C19H31N3O4.ClH/c1-5-25-18(23)16-14(3)17(19(24)26-6-2)20-15(16)8-7-9-22-12-10-21(4)11-13-22;/h20H,5-13H2,1-4H3;1H. The second-order valence-corrected chi connectivity index (χ2v) is 6.67. The molecular formula is C19H32ClN3O4. The van der Waals surface area contributed by atoms with Gasteiger partial charge in [-0.3, -0.25) is 0 Å². The highest BCUT2D eigenvalue weighted by Gasteiger charge is 2.25. The van der Waals surface area contributed by atoms with Gasteiger partial charge < -0.3 is 24.3 Å². The van der Waals surface area contributed by atoms with Crippen LogP contribution in [0.5, 0.6) is 0 Å². The highest BCUT2D eigenvalue weighted by atomic mass is 35.5. The van der Waals surface area contributed by atoms with E-state index in [4.69, 9.17) is 9.47 Å². The number of likely N-dealkylation sites (N-methyl/N-ethyl adjacent to an activating group) is 1. The van der Waals surface area contributed by atoms with Crippen molar-refractivity contribution in [1.29, 1.82) is 0 Å². The monoisotopic (exact) mass is 401 g/mol. The maximum atomic E-state index is 12.4. The first-order valence-corrected chi connectivity index (χ1v) is 9.44. The number of aryl methyl sites for hydroxylation is 1. The minimum absolute atomic E-state index is 0. The van der Waals surface area contributed by atoms with Crippen molar-refractivity contribution in [1.82, 2.24) is 14.8 Å². The number of esters is 2. The Morgan fingerprint density at radius 1 is 1.04 bits per heavy atom. The molecule has 1 N–H and O–H groups in total. The molecule has 7 nitrogen and oxygen atoms in total. The largest absolute Gasteiger partial charge is 0.462 e. The summed E-state index contributed by atoms with van der Waals surface area (Å²) < 4.78 is 10.3. The smallest absolute Gasteiger partial charge is 0.355 e. The summed E-state index contributed by atoms with van der Waals surface area (Å²) in [5.74, 6) is -0.813. The Morgan fingerprint density at radius 2 is 1.63 bits per heavy atom. The van der Waals surface area contributed by atoms with E-state index < -0.39 is 5.97 Å². The zero-order valence-electron chi connectivity index (χ0n) is 16.8. The summed E-state index contributed by atoms with van der Waals surface area (Å²) in [5, 5.41) is 0. The zero-order valence-corrected chi connectivity index (χ0v) is 17.6. The molecule has 0 amide bonds. The highest BCUT2D eigenvalue weighted by molar-refractivity contribution is 5.98. The molecule has 2 rings (SSSR count). The molecule has 1 aliphatic rings. The molecule has 1 aromatic heterocycles. The number of rotatable bonds is 8. The van der Waals surface area contributed by atoms with Crippen molar-refractivity contribution in [2.24, 2.45) is 0 Å². The van der Waals surface area contributed by atoms with E-state index in [9.17, 15) is 9.59 Å². The van der Waals surface area contributed by atoms with Crippen molar-refractivity contribution in [3.63, 3.8) is 0 Å². The molecule has 0 bridgehead atoms. The fraction of sp³-hybridized carbons (Fsp3) is 0.684. The van der Waals surface area contributed by atoms with Crippen LogP contribution in [-0.2, 0) is 15.9 Å². The van der Waals surface area contributed by atoms with Crippen molar-refractivity contribution in [3.05, 3.63) is 22.5 Å². The first-order chi connectivity index (χ1) is 12.5. The van der Waals surface area contributed by atoms with Gasteiger partial charge in [-0.1, -0.05) is 0 Å². The minimum atomic E-state index is -0.430. The van der Waals surface area contributed by atoms with Crippen LogP contribution in [0.1, 0.15) is 52.4 Å². The van der Waals surface area contributed by atoms with Gasteiger partial charge in [0.1, 0.15) is 5.69 Å². The van der Waals surface area contributed by atoms with E-state index >= 15 is 0 Å². The van der Waals surface area contributed by atoms with Gasteiger partial charge >= 0.3 is 11.9 Å². The highest BCUT2D eigenvalue weighted by Crippen LogP contribution is 2.22. The summed E-state index contributed by atoms with van der Waals surface area (Å²) in [7, 11) is 2.14. The van der Waals surface area contributed by atoms with Gasteiger partial charge in [0.05, 0.1) is 18.8 Å². The lowest BCUT2D eigenvalue weighted by Crippen LogP contribution is -2.44. The third-order valence-corrected chi connectivity index (χ3v) is 4.78. The van der Waals surface area contributed by atoms with Crippen LogP contribution in [0.4, 0.5) is 0 Å². The predicted molar refractivity (Wildman–Crippen MR) is 107 cm³/mol. The third-order valence-electron chi connectivity index (χ3n) is 4.78. The van der Waals surface area contributed by atoms with E-state index in [-0.39, 0.29) is 18.4 Å². The predicted octanol–water partition coefficient (Wildman–Crippen LogP) is 2.28. The van der Waals surface area contributed by atoms with Crippen LogP contribution in [0.25, 0.3) is 0 Å². The van der Waals surface area contributed by atoms with Crippen molar-refractivity contribution < 1.29 is 19.1 Å². The summed E-state index contributed by atoms with van der Waals surface area (Å²) >= 11 is 0. The Hall–Kier alpha value is -1.57. The number of nitrogens with one attached hydrogen (secondary N) is 1. The van der Waals surface area contributed by atoms with Crippen LogP contribution in [0.2, 0.25) is 0 Å². The van der Waals surface area contributed by atoms with Crippen LogP contribution in [0, 0.1) is 6.92 Å². The SMILES string of the molecule is CCOC(=O)c1[nH]c(CCCN2CCN(C)CC2)c(C(=O)OCC)c1C.Cl. The van der Waals surface area contributed by atoms with E-state index in [0.29, 0.717) is 36.5 Å². The number of hydrogen-bond donors (Lipinski definition) is 1. The molecule has 0 radical (unpaired) electrons. The molecule has 0 atom stereocenters. The average Bonchev–Trinajstić information content (AvgIpc) is 2.94. The molecule has 0 unspecified atom stereocenters. The Balaban J connectivity index is 0.00000364. The molecule has 1 aliphatic heterocycles. The van der Waals surface area contributed by atoms with Crippen LogP contribution >= 0.6 is 12.4 Å². The van der Waals surface area contributed by atoms with Crippen molar-refractivity contribution >= 4 is 24.3 Å². The first kappa shape index (κ1) is 23.5. The second kappa shape index (κ2) is 11.3. The molecule has 1 fully saturated rings. The lowest BCUT2D eigenvalue weighted by Gasteiger charge is -2.32. The summed E-state index contributed by atoms with van der Waals surface area (Å²) in [4.78, 5) is 32.4. The quantitative estimate of drug-likeness (QED) is 0.673. The number of ether oxygens (including phenoxy) is 2. The average molecular weight is 402 g/mol. The van der Waals surface area contributed by atoms with Crippen molar-refractivity contribution in [2.45, 2.75) is 33.6 Å². The first-order valence-electron chi connectivity index (χ1n) is 9.44. The molecule has 27 heavy (non-hydrogen) atoms. The molecule has 0 spiro atoms. The number of aromatic amines is 1. The zero-order chi connectivity index (χ0) is 19.1. The molecule has 1 aromatic rings. The van der Waals surface area contributed by atoms with Crippen LogP contribution in [-0.4, -0.2) is 79.7 Å². The minimum Gasteiger partial charge on any atom is -0.462 e. The molecule has 2 heterocycles. The summed E-state index contributed by atoms with van der Waals surface area (Å²) in [5.41, 5.74) is 2.20. The molecule has 0 aliphatic carbocycles. The van der Waals surface area contributed by atoms with Crippen LogP contribution < -0.4 is 0 Å². The number of H-pyrrole nitrogens is 1. The lowest BCUT2D eigenvalue weighted by atomic mass is 10.1. The molecule has 1 saturated heterocycles. The van der Waals surface area contributed by atoms with Gasteiger partial charge in [0.25, 0.3) is 0 Å². The molecule has 0 saturated carbocycles. The van der Waals surface area contributed by atoms with E-state index in [0.717, 1.165) is 44.8 Å². The number of aromatic nitrogens is 1. The van der Waals surface area contributed by atoms with Gasteiger partial charge in [-0.15, -0.1) is 12.4 Å². The number of carbonyl (C=O) groups is 2. The molecule has 0 aromatic carbocycles. The van der Waals surface area contributed by atoms with Gasteiger partial charge in [-0.05, 0) is 52.8 Å². The maximum absolute atomic E-state index is 12.4. The van der Waals surface area contributed by atoms with Gasteiger partial charge in [-0.25, -0.2) is 9.59 Å². The van der Waals surface area contributed by atoms with Gasteiger partial charge in [0.2, 0.25) is 0 Å². The van der Waals surface area contributed by atoms with Crippen LogP contribution in [0.3, 0.4) is 0 Å². The van der Waals surface area contributed by atoms with Gasteiger partial charge in [-0.2, -0.15) is 0 Å². The third kappa shape index (κ3) is 6.23. The van der Waals surface area contributed by atoms with E-state index in [2.05, 4.69) is 21.8 Å². The normalized spacial score (nSPS) is 15.3. The fourth-order valence-corrected chi connectivity index (χ4v) is 3.28. The number of hydrogen-bond acceptors (Lipinski definition) is 6. The van der Waals surface area contributed by atoms with Crippen molar-refractivity contribution in [2.75, 3.05) is 53.0 Å². The van der Waals surface area contributed by atoms with Crippen LogP contribution in [0.15, 0.2) is 0 Å². The van der Waals surface area contributed by atoms with E-state index in [1.807, 2.05) is 0 Å². The Bertz CT molecular complexity index is 625. The number of carbonyl (C=O) groups excluding carboxylic acids is 2. The van der Waals surface area contributed by atoms with Gasteiger partial charge in [0, 0.05) is 31.9 Å². The maximum Gasteiger partial charge on any atom is 0.355 e. The summed E-state index contributed by atoms with van der Waals surface area (Å²) in [6.07, 6.45) is 1.61. The summed E-state index contributed by atoms with van der Waals surface area (Å²) in [6, 6.07) is 0. The lowest BCUT2D eigenvalue weighted by molar-refractivity contribution is 0.0517. The number of nitrogens with zero attached hydrogens (tertiary/aromatic N) is 2.